The molecule has 0 aliphatic carbocycles. The van der Waals surface area contributed by atoms with Crippen LogP contribution in [0.2, 0.25) is 0 Å². The summed E-state index contributed by atoms with van der Waals surface area (Å²) in [4.78, 5) is 22.4. The molecule has 2 aromatic rings. The van der Waals surface area contributed by atoms with Gasteiger partial charge in [0.05, 0.1) is 5.69 Å². The maximum absolute atomic E-state index is 11.5. The highest BCUT2D eigenvalue weighted by molar-refractivity contribution is 7.08. The minimum atomic E-state index is -1.08. The Bertz CT molecular complexity index is 589. The van der Waals surface area contributed by atoms with E-state index < -0.39 is 17.6 Å². The fourth-order valence-corrected chi connectivity index (χ4v) is 2.02. The molecule has 1 N–H and O–H groups in total. The zero-order chi connectivity index (χ0) is 12.4. The number of carboxylic acids is 1. The van der Waals surface area contributed by atoms with E-state index in [0.717, 1.165) is 10.2 Å². The second kappa shape index (κ2) is 4.50. The molecule has 5 nitrogen and oxygen atoms in total. The van der Waals surface area contributed by atoms with Gasteiger partial charge >= 0.3 is 5.97 Å². The first kappa shape index (κ1) is 11.5. The summed E-state index contributed by atoms with van der Waals surface area (Å²) in [5.41, 5.74) is 1.05. The van der Waals surface area contributed by atoms with Gasteiger partial charge in [-0.2, -0.15) is 16.4 Å². The predicted molar refractivity (Wildman–Crippen MR) is 64.2 cm³/mol. The van der Waals surface area contributed by atoms with Gasteiger partial charge in [-0.3, -0.25) is 4.79 Å². The Labute approximate surface area is 101 Å². The van der Waals surface area contributed by atoms with Crippen molar-refractivity contribution in [3.05, 3.63) is 39.3 Å². The molecule has 0 radical (unpaired) electrons. The number of rotatable bonds is 3. The first-order chi connectivity index (χ1) is 8.09. The third kappa shape index (κ3) is 2.26. The van der Waals surface area contributed by atoms with Gasteiger partial charge in [-0.1, -0.05) is 0 Å². The lowest BCUT2D eigenvalue weighted by Gasteiger charge is -2.09. The highest BCUT2D eigenvalue weighted by Gasteiger charge is 2.16. The van der Waals surface area contributed by atoms with Crippen LogP contribution in [0, 0.1) is 0 Å². The first-order valence-corrected chi connectivity index (χ1v) is 5.89. The molecule has 2 rings (SSSR count). The fraction of sp³-hybridized carbons (Fsp3) is 0.182. The fourth-order valence-electron chi connectivity index (χ4n) is 1.37. The molecule has 0 aromatic carbocycles. The Morgan fingerprint density at radius 3 is 2.82 bits per heavy atom. The van der Waals surface area contributed by atoms with Crippen molar-refractivity contribution in [1.82, 2.24) is 9.78 Å². The van der Waals surface area contributed by atoms with Crippen LogP contribution in [-0.2, 0) is 4.79 Å². The zero-order valence-electron chi connectivity index (χ0n) is 9.03. The van der Waals surface area contributed by atoms with Crippen LogP contribution in [-0.4, -0.2) is 20.9 Å². The monoisotopic (exact) mass is 250 g/mol. The Balaban J connectivity index is 2.50. The molecule has 17 heavy (non-hydrogen) atoms. The topological polar surface area (TPSA) is 72.2 Å². The molecule has 2 aromatic heterocycles. The minimum Gasteiger partial charge on any atom is -0.480 e. The van der Waals surface area contributed by atoms with Crippen molar-refractivity contribution in [2.45, 2.75) is 13.0 Å². The van der Waals surface area contributed by atoms with Crippen LogP contribution in [0.5, 0.6) is 0 Å². The van der Waals surface area contributed by atoms with E-state index in [-0.39, 0.29) is 0 Å². The molecule has 2 heterocycles. The number of thiophene rings is 1. The van der Waals surface area contributed by atoms with Gasteiger partial charge in [-0.15, -0.1) is 0 Å². The maximum atomic E-state index is 11.5. The lowest BCUT2D eigenvalue weighted by molar-refractivity contribution is -0.140. The quantitative estimate of drug-likeness (QED) is 0.898. The molecule has 0 saturated heterocycles. The van der Waals surface area contributed by atoms with E-state index >= 15 is 0 Å². The molecule has 0 aliphatic rings. The van der Waals surface area contributed by atoms with Crippen LogP contribution in [0.25, 0.3) is 11.3 Å². The highest BCUT2D eigenvalue weighted by Crippen LogP contribution is 2.18. The van der Waals surface area contributed by atoms with Crippen LogP contribution in [0.15, 0.2) is 33.8 Å². The van der Waals surface area contributed by atoms with E-state index in [1.807, 2.05) is 16.8 Å². The van der Waals surface area contributed by atoms with Gasteiger partial charge in [-0.05, 0) is 24.4 Å². The van der Waals surface area contributed by atoms with E-state index in [4.69, 9.17) is 5.11 Å². The number of aliphatic carboxylic acids is 1. The van der Waals surface area contributed by atoms with Crippen molar-refractivity contribution >= 4 is 17.3 Å². The average molecular weight is 250 g/mol. The zero-order valence-corrected chi connectivity index (χ0v) is 9.85. The van der Waals surface area contributed by atoms with Gasteiger partial charge in [0.1, 0.15) is 0 Å². The summed E-state index contributed by atoms with van der Waals surface area (Å²) in [5.74, 6) is -1.08. The van der Waals surface area contributed by atoms with Crippen molar-refractivity contribution < 1.29 is 9.90 Å². The summed E-state index contributed by atoms with van der Waals surface area (Å²) in [6.45, 7) is 1.42. The van der Waals surface area contributed by atoms with Gasteiger partial charge < -0.3 is 5.11 Å². The van der Waals surface area contributed by atoms with Crippen molar-refractivity contribution in [1.29, 1.82) is 0 Å². The van der Waals surface area contributed by atoms with E-state index in [9.17, 15) is 9.59 Å². The molecule has 0 amide bonds. The van der Waals surface area contributed by atoms with E-state index in [1.54, 1.807) is 6.07 Å². The molecule has 0 spiro atoms. The molecule has 6 heteroatoms. The molecule has 0 aliphatic heterocycles. The Kier molecular flexibility index (Phi) is 3.06. The molecule has 0 saturated carbocycles. The molecule has 88 valence electrons. The molecular formula is C11H10N2O3S. The summed E-state index contributed by atoms with van der Waals surface area (Å²) in [5, 5.41) is 16.7. The van der Waals surface area contributed by atoms with Crippen LogP contribution < -0.4 is 5.56 Å². The number of carboxylic acid groups (broad SMARTS) is 1. The summed E-state index contributed by atoms with van der Waals surface area (Å²) in [6, 6.07) is 3.82. The number of hydrogen-bond donors (Lipinski definition) is 1. The summed E-state index contributed by atoms with van der Waals surface area (Å²) < 4.78 is 0.981. The van der Waals surface area contributed by atoms with Gasteiger partial charge in [0.15, 0.2) is 6.04 Å². The predicted octanol–water partition coefficient (Wildman–Crippen LogP) is 1.62. The normalized spacial score (nSPS) is 12.3. The van der Waals surface area contributed by atoms with E-state index in [0.29, 0.717) is 5.69 Å². The number of carbonyl (C=O) groups is 1. The molecule has 1 atom stereocenters. The Hall–Kier alpha value is -1.95. The summed E-state index contributed by atoms with van der Waals surface area (Å²) in [7, 11) is 0. The maximum Gasteiger partial charge on any atom is 0.328 e. The SMILES string of the molecule is C[C@@H](C(=O)O)n1nc(-c2ccsc2)ccc1=O. The van der Waals surface area contributed by atoms with Gasteiger partial charge in [0.25, 0.3) is 5.56 Å². The van der Waals surface area contributed by atoms with Gasteiger partial charge in [0.2, 0.25) is 0 Å². The first-order valence-electron chi connectivity index (χ1n) is 4.95. The van der Waals surface area contributed by atoms with Crippen LogP contribution in [0.4, 0.5) is 0 Å². The lowest BCUT2D eigenvalue weighted by Crippen LogP contribution is -2.29. The van der Waals surface area contributed by atoms with E-state index in [2.05, 4.69) is 5.10 Å². The molecule has 0 unspecified atom stereocenters. The summed E-state index contributed by atoms with van der Waals surface area (Å²) in [6.07, 6.45) is 0. The average Bonchev–Trinajstić information content (AvgIpc) is 2.82. The minimum absolute atomic E-state index is 0.418. The standard InChI is InChI=1S/C11H10N2O3S/c1-7(11(15)16)13-10(14)3-2-9(12-13)8-4-5-17-6-8/h2-7H,1H3,(H,15,16)/t7-/m0/s1. The van der Waals surface area contributed by atoms with Crippen molar-refractivity contribution in [2.24, 2.45) is 0 Å². The Morgan fingerprint density at radius 1 is 1.47 bits per heavy atom. The third-order valence-corrected chi connectivity index (χ3v) is 3.05. The van der Waals surface area contributed by atoms with Gasteiger partial charge in [-0.25, -0.2) is 9.48 Å². The second-order valence-electron chi connectivity index (χ2n) is 3.53. The van der Waals surface area contributed by atoms with Crippen LogP contribution in [0.3, 0.4) is 0 Å². The Morgan fingerprint density at radius 2 is 2.24 bits per heavy atom. The number of aromatic nitrogens is 2. The van der Waals surface area contributed by atoms with Crippen molar-refractivity contribution in [3.8, 4) is 11.3 Å². The van der Waals surface area contributed by atoms with Gasteiger partial charge in [0, 0.05) is 17.0 Å². The second-order valence-corrected chi connectivity index (χ2v) is 4.31. The third-order valence-electron chi connectivity index (χ3n) is 2.37. The molecular weight excluding hydrogens is 240 g/mol. The summed E-state index contributed by atoms with van der Waals surface area (Å²) >= 11 is 1.52. The van der Waals surface area contributed by atoms with Crippen LogP contribution >= 0.6 is 11.3 Å². The van der Waals surface area contributed by atoms with Crippen molar-refractivity contribution in [2.75, 3.05) is 0 Å². The largest absolute Gasteiger partial charge is 0.480 e. The smallest absolute Gasteiger partial charge is 0.328 e. The molecule has 0 fully saturated rings. The van der Waals surface area contributed by atoms with E-state index in [1.165, 1.54) is 24.3 Å². The number of hydrogen-bond acceptors (Lipinski definition) is 4. The highest BCUT2D eigenvalue weighted by atomic mass is 32.1. The molecule has 0 bridgehead atoms. The van der Waals surface area contributed by atoms with Crippen LogP contribution in [0.1, 0.15) is 13.0 Å². The number of nitrogens with zero attached hydrogens (tertiary/aromatic N) is 2. The lowest BCUT2D eigenvalue weighted by atomic mass is 10.2. The van der Waals surface area contributed by atoms with Crippen molar-refractivity contribution in [3.63, 3.8) is 0 Å².